The lowest BCUT2D eigenvalue weighted by atomic mass is 10.1. The molecular weight excluding hydrogens is 406 g/mol. The van der Waals surface area contributed by atoms with Gasteiger partial charge in [0.05, 0.1) is 0 Å². The molecular formula is C24H25N5O3. The number of hydrogen-bond acceptors (Lipinski definition) is 6. The summed E-state index contributed by atoms with van der Waals surface area (Å²) in [6.45, 7) is 2.34. The monoisotopic (exact) mass is 431 g/mol. The number of nitrogens with one attached hydrogen (secondary N) is 1. The van der Waals surface area contributed by atoms with E-state index in [1.165, 1.54) is 5.56 Å². The summed E-state index contributed by atoms with van der Waals surface area (Å²) >= 11 is 0. The molecule has 2 aromatic carbocycles. The van der Waals surface area contributed by atoms with Gasteiger partial charge in [0, 0.05) is 51.2 Å². The molecule has 0 radical (unpaired) electrons. The second-order valence-corrected chi connectivity index (χ2v) is 7.51. The topological polar surface area (TPSA) is 87.7 Å². The quantitative estimate of drug-likeness (QED) is 0.645. The van der Waals surface area contributed by atoms with E-state index < -0.39 is 6.04 Å². The van der Waals surface area contributed by atoms with Gasteiger partial charge < -0.3 is 15.0 Å². The Bertz CT molecular complexity index is 1060. The predicted molar refractivity (Wildman–Crippen MR) is 119 cm³/mol. The number of piperazine rings is 1. The molecule has 0 bridgehead atoms. The molecule has 164 valence electrons. The maximum Gasteiger partial charge on any atom is 0.321 e. The molecule has 32 heavy (non-hydrogen) atoms. The molecule has 4 rings (SSSR count). The van der Waals surface area contributed by atoms with Crippen LogP contribution in [0.2, 0.25) is 0 Å². The largest absolute Gasteiger partial charge is 0.424 e. The number of carbonyl (C=O) groups is 2. The predicted octanol–water partition coefficient (Wildman–Crippen LogP) is 2.34. The number of aromatic nitrogens is 2. The second-order valence-electron chi connectivity index (χ2n) is 7.51. The molecule has 1 N–H and O–H groups in total. The smallest absolute Gasteiger partial charge is 0.321 e. The zero-order valence-corrected chi connectivity index (χ0v) is 17.8. The normalized spacial score (nSPS) is 16.4. The zero-order chi connectivity index (χ0) is 22.3. The Balaban J connectivity index is 1.49. The van der Waals surface area contributed by atoms with E-state index in [9.17, 15) is 9.59 Å². The molecule has 3 aromatic rings. The van der Waals surface area contributed by atoms with E-state index in [-0.39, 0.29) is 17.8 Å². The van der Waals surface area contributed by atoms with E-state index in [1.807, 2.05) is 18.2 Å². The number of rotatable bonds is 6. The molecule has 2 heterocycles. The van der Waals surface area contributed by atoms with Gasteiger partial charge >= 0.3 is 6.01 Å². The third-order valence-corrected chi connectivity index (χ3v) is 5.36. The number of hydrogen-bond donors (Lipinski definition) is 1. The van der Waals surface area contributed by atoms with Crippen molar-refractivity contribution < 1.29 is 14.3 Å². The van der Waals surface area contributed by atoms with Crippen LogP contribution < -0.4 is 10.1 Å². The Morgan fingerprint density at radius 2 is 1.81 bits per heavy atom. The van der Waals surface area contributed by atoms with Gasteiger partial charge in [0.25, 0.3) is 5.91 Å². The molecule has 8 heteroatoms. The van der Waals surface area contributed by atoms with Crippen LogP contribution in [0, 0.1) is 0 Å². The van der Waals surface area contributed by atoms with Crippen LogP contribution in [0.5, 0.6) is 11.8 Å². The van der Waals surface area contributed by atoms with E-state index in [2.05, 4.69) is 32.3 Å². The van der Waals surface area contributed by atoms with Gasteiger partial charge in [-0.1, -0.05) is 36.4 Å². The summed E-state index contributed by atoms with van der Waals surface area (Å²) in [7, 11) is 1.59. The third-order valence-electron chi connectivity index (χ3n) is 5.36. The van der Waals surface area contributed by atoms with Crippen molar-refractivity contribution in [2.75, 3.05) is 26.7 Å². The number of ether oxygens (including phenoxy) is 1. The lowest BCUT2D eigenvalue weighted by Crippen LogP contribution is -2.60. The van der Waals surface area contributed by atoms with Crippen LogP contribution in [0.4, 0.5) is 0 Å². The molecule has 0 saturated carbocycles. The molecule has 8 nitrogen and oxygen atoms in total. The molecule has 2 amide bonds. The highest BCUT2D eigenvalue weighted by atomic mass is 16.5. The second kappa shape index (κ2) is 10.0. The fraction of sp³-hybridized carbons (Fsp3) is 0.250. The van der Waals surface area contributed by atoms with Gasteiger partial charge in [0.15, 0.2) is 0 Å². The summed E-state index contributed by atoms with van der Waals surface area (Å²) in [4.78, 5) is 37.9. The summed E-state index contributed by atoms with van der Waals surface area (Å²) in [6, 6.07) is 18.3. The number of likely N-dealkylation sites (N-methyl/N-ethyl adjacent to an activating group) is 1. The van der Waals surface area contributed by atoms with Crippen molar-refractivity contribution in [3.8, 4) is 11.8 Å². The Labute approximate surface area is 186 Å². The Morgan fingerprint density at radius 1 is 1.03 bits per heavy atom. The van der Waals surface area contributed by atoms with Gasteiger partial charge in [-0.05, 0) is 29.8 Å². The average Bonchev–Trinajstić information content (AvgIpc) is 2.84. The van der Waals surface area contributed by atoms with Crippen molar-refractivity contribution in [2.45, 2.75) is 12.6 Å². The van der Waals surface area contributed by atoms with Crippen molar-refractivity contribution >= 4 is 11.8 Å². The zero-order valence-electron chi connectivity index (χ0n) is 17.8. The van der Waals surface area contributed by atoms with Gasteiger partial charge in [0.2, 0.25) is 5.91 Å². The fourth-order valence-electron chi connectivity index (χ4n) is 3.76. The number of nitrogens with zero attached hydrogens (tertiary/aromatic N) is 4. The first kappa shape index (κ1) is 21.5. The van der Waals surface area contributed by atoms with E-state index in [1.54, 1.807) is 54.7 Å². The molecule has 1 aromatic heterocycles. The van der Waals surface area contributed by atoms with Crippen LogP contribution in [0.25, 0.3) is 0 Å². The third kappa shape index (κ3) is 5.09. The van der Waals surface area contributed by atoms with Crippen molar-refractivity contribution in [3.05, 3.63) is 84.2 Å². The SMILES string of the molecule is CNC(=O)C1CN(Cc2ccccc2)CCN1C(=O)c1cccc(Oc2ncccn2)c1. The molecule has 1 fully saturated rings. The molecule has 0 aliphatic carbocycles. The Kier molecular flexibility index (Phi) is 6.72. The summed E-state index contributed by atoms with van der Waals surface area (Å²) in [5, 5.41) is 2.70. The van der Waals surface area contributed by atoms with Crippen LogP contribution in [0.1, 0.15) is 15.9 Å². The first-order valence-electron chi connectivity index (χ1n) is 10.5. The van der Waals surface area contributed by atoms with Crippen molar-refractivity contribution in [2.24, 2.45) is 0 Å². The highest BCUT2D eigenvalue weighted by Crippen LogP contribution is 2.22. The standard InChI is InChI=1S/C24H25N5O3/c1-25-22(30)21-17-28(16-18-7-3-2-4-8-18)13-14-29(21)23(31)19-9-5-10-20(15-19)32-24-26-11-6-12-27-24/h2-12,15,21H,13-14,16-17H2,1H3,(H,25,30). The maximum atomic E-state index is 13.3. The molecule has 1 aliphatic heterocycles. The molecule has 1 aliphatic rings. The van der Waals surface area contributed by atoms with Gasteiger partial charge in [-0.2, -0.15) is 0 Å². The fourth-order valence-corrected chi connectivity index (χ4v) is 3.76. The summed E-state index contributed by atoms with van der Waals surface area (Å²) < 4.78 is 5.65. The maximum absolute atomic E-state index is 13.3. The van der Waals surface area contributed by atoms with Crippen molar-refractivity contribution in [1.29, 1.82) is 0 Å². The van der Waals surface area contributed by atoms with Gasteiger partial charge in [-0.25, -0.2) is 9.97 Å². The highest BCUT2D eigenvalue weighted by molar-refractivity contribution is 5.98. The van der Waals surface area contributed by atoms with Gasteiger partial charge in [0.1, 0.15) is 11.8 Å². The molecule has 1 unspecified atom stereocenters. The Hall–Kier alpha value is -3.78. The summed E-state index contributed by atoms with van der Waals surface area (Å²) in [5.41, 5.74) is 1.62. The van der Waals surface area contributed by atoms with E-state index in [0.29, 0.717) is 30.9 Å². The number of benzene rings is 2. The van der Waals surface area contributed by atoms with Crippen LogP contribution >= 0.6 is 0 Å². The minimum Gasteiger partial charge on any atom is -0.424 e. The van der Waals surface area contributed by atoms with Crippen LogP contribution in [0.15, 0.2) is 73.1 Å². The minimum absolute atomic E-state index is 0.179. The molecule has 1 atom stereocenters. The lowest BCUT2D eigenvalue weighted by Gasteiger charge is -2.40. The molecule has 0 spiro atoms. The van der Waals surface area contributed by atoms with E-state index in [0.717, 1.165) is 6.54 Å². The van der Waals surface area contributed by atoms with Gasteiger partial charge in [-0.3, -0.25) is 14.5 Å². The number of amides is 2. The molecule has 1 saturated heterocycles. The van der Waals surface area contributed by atoms with Gasteiger partial charge in [-0.15, -0.1) is 0 Å². The number of carbonyl (C=O) groups excluding carboxylic acids is 2. The van der Waals surface area contributed by atoms with E-state index in [4.69, 9.17) is 4.74 Å². The van der Waals surface area contributed by atoms with Crippen molar-refractivity contribution in [1.82, 2.24) is 25.1 Å². The first-order chi connectivity index (χ1) is 15.6. The minimum atomic E-state index is -0.577. The lowest BCUT2D eigenvalue weighted by molar-refractivity contribution is -0.127. The summed E-state index contributed by atoms with van der Waals surface area (Å²) in [6.07, 6.45) is 3.17. The van der Waals surface area contributed by atoms with Crippen LogP contribution in [-0.4, -0.2) is 64.3 Å². The van der Waals surface area contributed by atoms with Crippen LogP contribution in [0.3, 0.4) is 0 Å². The van der Waals surface area contributed by atoms with E-state index >= 15 is 0 Å². The van der Waals surface area contributed by atoms with Crippen molar-refractivity contribution in [3.63, 3.8) is 0 Å². The Morgan fingerprint density at radius 3 is 2.56 bits per heavy atom. The van der Waals surface area contributed by atoms with Crippen LogP contribution in [-0.2, 0) is 11.3 Å². The first-order valence-corrected chi connectivity index (χ1v) is 10.5. The average molecular weight is 431 g/mol. The highest BCUT2D eigenvalue weighted by Gasteiger charge is 2.35. The summed E-state index contributed by atoms with van der Waals surface area (Å²) in [5.74, 6) is 0.0693.